The topological polar surface area (TPSA) is 54.7 Å². The van der Waals surface area contributed by atoms with Crippen LogP contribution in [-0.4, -0.2) is 38.9 Å². The van der Waals surface area contributed by atoms with Gasteiger partial charge in [-0.3, -0.25) is 0 Å². The SMILES string of the molecule is CC(C)n1ccc2ccc(C(O)[C@@H]3CCCN3C(=O)OC(C)(C)C)cc21. The maximum Gasteiger partial charge on any atom is 0.410 e. The Hall–Kier alpha value is -2.01. The second-order valence-electron chi connectivity index (χ2n) is 8.46. The van der Waals surface area contributed by atoms with E-state index in [1.807, 2.05) is 39.0 Å². The number of benzene rings is 1. The molecule has 3 rings (SSSR count). The molecular weight excluding hydrogens is 328 g/mol. The van der Waals surface area contributed by atoms with Crippen molar-refractivity contribution in [3.63, 3.8) is 0 Å². The summed E-state index contributed by atoms with van der Waals surface area (Å²) < 4.78 is 7.72. The smallest absolute Gasteiger partial charge is 0.410 e. The second kappa shape index (κ2) is 6.95. The van der Waals surface area contributed by atoms with E-state index in [4.69, 9.17) is 4.74 Å². The summed E-state index contributed by atoms with van der Waals surface area (Å²) in [5.41, 5.74) is 1.42. The lowest BCUT2D eigenvalue weighted by atomic mass is 9.99. The maximum absolute atomic E-state index is 12.5. The molecule has 1 aromatic heterocycles. The molecule has 1 amide bonds. The average Bonchev–Trinajstić information content (AvgIpc) is 3.18. The Morgan fingerprint density at radius 2 is 2.00 bits per heavy atom. The fraction of sp³-hybridized carbons (Fsp3) is 0.571. The summed E-state index contributed by atoms with van der Waals surface area (Å²) in [6.45, 7) is 10.5. The Morgan fingerprint density at radius 3 is 2.65 bits per heavy atom. The van der Waals surface area contributed by atoms with Gasteiger partial charge in [0, 0.05) is 24.3 Å². The van der Waals surface area contributed by atoms with Crippen molar-refractivity contribution in [2.75, 3.05) is 6.54 Å². The predicted molar refractivity (Wildman–Crippen MR) is 103 cm³/mol. The van der Waals surface area contributed by atoms with Crippen molar-refractivity contribution in [2.45, 2.75) is 71.2 Å². The van der Waals surface area contributed by atoms with Crippen LogP contribution >= 0.6 is 0 Å². The summed E-state index contributed by atoms with van der Waals surface area (Å²) in [4.78, 5) is 14.2. The van der Waals surface area contributed by atoms with E-state index >= 15 is 0 Å². The molecule has 1 aromatic carbocycles. The molecule has 1 unspecified atom stereocenters. The lowest BCUT2D eigenvalue weighted by molar-refractivity contribution is 0.00492. The second-order valence-corrected chi connectivity index (χ2v) is 8.46. The number of rotatable bonds is 3. The lowest BCUT2D eigenvalue weighted by Gasteiger charge is -2.31. The zero-order valence-electron chi connectivity index (χ0n) is 16.4. The number of carbonyl (C=O) groups is 1. The molecule has 1 fully saturated rings. The zero-order chi connectivity index (χ0) is 19.1. The minimum absolute atomic E-state index is 0.246. The molecular formula is C21H30N2O3. The first kappa shape index (κ1) is 18.8. The third-order valence-corrected chi connectivity index (χ3v) is 4.94. The highest BCUT2D eigenvalue weighted by Gasteiger charge is 2.37. The van der Waals surface area contributed by atoms with E-state index in [1.54, 1.807) is 4.90 Å². The fourth-order valence-electron chi connectivity index (χ4n) is 3.69. The van der Waals surface area contributed by atoms with Gasteiger partial charge in [0.25, 0.3) is 0 Å². The number of aromatic nitrogens is 1. The molecule has 2 aromatic rings. The Bertz CT molecular complexity index is 788. The molecule has 0 bridgehead atoms. The summed E-state index contributed by atoms with van der Waals surface area (Å²) in [5.74, 6) is 0. The Kier molecular flexibility index (Phi) is 5.02. The van der Waals surface area contributed by atoms with Crippen LogP contribution in [0.15, 0.2) is 30.5 Å². The zero-order valence-corrected chi connectivity index (χ0v) is 16.4. The van der Waals surface area contributed by atoms with Crippen LogP contribution in [0.2, 0.25) is 0 Å². The maximum atomic E-state index is 12.5. The first-order valence-electron chi connectivity index (χ1n) is 9.45. The quantitative estimate of drug-likeness (QED) is 0.868. The molecule has 0 aliphatic carbocycles. The van der Waals surface area contributed by atoms with E-state index in [9.17, 15) is 9.90 Å². The van der Waals surface area contributed by atoms with Gasteiger partial charge in [0.05, 0.1) is 12.1 Å². The van der Waals surface area contributed by atoms with Gasteiger partial charge in [-0.05, 0) is 70.5 Å². The highest BCUT2D eigenvalue weighted by Crippen LogP contribution is 2.32. The van der Waals surface area contributed by atoms with Crippen LogP contribution in [0.3, 0.4) is 0 Å². The number of nitrogens with zero attached hydrogens (tertiary/aromatic N) is 2. The molecule has 2 atom stereocenters. The summed E-state index contributed by atoms with van der Waals surface area (Å²) in [6.07, 6.45) is 2.68. The number of carbonyl (C=O) groups excluding carboxylic acids is 1. The summed E-state index contributed by atoms with van der Waals surface area (Å²) in [7, 11) is 0. The van der Waals surface area contributed by atoms with Gasteiger partial charge in [-0.15, -0.1) is 0 Å². The van der Waals surface area contributed by atoms with E-state index in [-0.39, 0.29) is 12.1 Å². The van der Waals surface area contributed by atoms with Crippen molar-refractivity contribution in [2.24, 2.45) is 0 Å². The molecule has 0 radical (unpaired) electrons. The molecule has 1 aliphatic rings. The normalized spacial score (nSPS) is 19.3. The Morgan fingerprint density at radius 1 is 1.27 bits per heavy atom. The van der Waals surface area contributed by atoms with Crippen LogP contribution in [0.4, 0.5) is 4.79 Å². The number of aliphatic hydroxyl groups excluding tert-OH is 1. The minimum Gasteiger partial charge on any atom is -0.444 e. The van der Waals surface area contributed by atoms with Crippen molar-refractivity contribution in [1.29, 1.82) is 0 Å². The fourth-order valence-corrected chi connectivity index (χ4v) is 3.69. The van der Waals surface area contributed by atoms with E-state index in [0.717, 1.165) is 29.3 Å². The van der Waals surface area contributed by atoms with Gasteiger partial charge in [0.15, 0.2) is 0 Å². The number of fused-ring (bicyclic) bond motifs is 1. The minimum atomic E-state index is -0.718. The van der Waals surface area contributed by atoms with E-state index in [2.05, 4.69) is 30.7 Å². The average molecular weight is 358 g/mol. The lowest BCUT2D eigenvalue weighted by Crippen LogP contribution is -2.42. The van der Waals surface area contributed by atoms with Gasteiger partial charge in [-0.25, -0.2) is 4.79 Å². The van der Waals surface area contributed by atoms with Crippen molar-refractivity contribution in [1.82, 2.24) is 9.47 Å². The van der Waals surface area contributed by atoms with Crippen LogP contribution in [-0.2, 0) is 4.74 Å². The molecule has 1 aliphatic heterocycles. The number of ether oxygens (including phenoxy) is 1. The Labute approximate surface area is 155 Å². The monoisotopic (exact) mass is 358 g/mol. The number of amides is 1. The van der Waals surface area contributed by atoms with Gasteiger partial charge < -0.3 is 19.3 Å². The largest absolute Gasteiger partial charge is 0.444 e. The molecule has 26 heavy (non-hydrogen) atoms. The van der Waals surface area contributed by atoms with Crippen molar-refractivity contribution < 1.29 is 14.6 Å². The van der Waals surface area contributed by atoms with E-state index in [0.29, 0.717) is 12.6 Å². The van der Waals surface area contributed by atoms with Crippen LogP contribution in [0.25, 0.3) is 10.9 Å². The van der Waals surface area contributed by atoms with Crippen LogP contribution < -0.4 is 0 Å². The first-order chi connectivity index (χ1) is 12.2. The molecule has 5 heteroatoms. The van der Waals surface area contributed by atoms with Gasteiger partial charge in [-0.2, -0.15) is 0 Å². The van der Waals surface area contributed by atoms with E-state index in [1.165, 1.54) is 0 Å². The number of hydrogen-bond acceptors (Lipinski definition) is 3. The molecule has 1 saturated heterocycles. The first-order valence-corrected chi connectivity index (χ1v) is 9.45. The third kappa shape index (κ3) is 3.73. The molecule has 5 nitrogen and oxygen atoms in total. The molecule has 1 N–H and O–H groups in total. The summed E-state index contributed by atoms with van der Waals surface area (Å²) >= 11 is 0. The van der Waals surface area contributed by atoms with Gasteiger partial charge in [0.2, 0.25) is 0 Å². The van der Waals surface area contributed by atoms with Crippen molar-refractivity contribution in [3.05, 3.63) is 36.0 Å². The highest BCUT2D eigenvalue weighted by molar-refractivity contribution is 5.81. The number of aliphatic hydroxyl groups is 1. The summed E-state index contributed by atoms with van der Waals surface area (Å²) in [5, 5.41) is 12.2. The number of likely N-dealkylation sites (tertiary alicyclic amines) is 1. The highest BCUT2D eigenvalue weighted by atomic mass is 16.6. The van der Waals surface area contributed by atoms with Gasteiger partial charge in [0.1, 0.15) is 5.60 Å². The van der Waals surface area contributed by atoms with Crippen molar-refractivity contribution in [3.8, 4) is 0 Å². The standard InChI is InChI=1S/C21H30N2O3/c1-14(2)22-12-10-15-8-9-16(13-18(15)22)19(24)17-7-6-11-23(17)20(25)26-21(3,4)5/h8-10,12-14,17,19,24H,6-7,11H2,1-5H3/t17-,19?/m0/s1. The van der Waals surface area contributed by atoms with Crippen LogP contribution in [0, 0.1) is 0 Å². The summed E-state index contributed by atoms with van der Waals surface area (Å²) in [6, 6.07) is 8.25. The van der Waals surface area contributed by atoms with Crippen molar-refractivity contribution >= 4 is 17.0 Å². The van der Waals surface area contributed by atoms with E-state index < -0.39 is 11.7 Å². The van der Waals surface area contributed by atoms with Gasteiger partial charge in [-0.1, -0.05) is 12.1 Å². The van der Waals surface area contributed by atoms with Gasteiger partial charge >= 0.3 is 6.09 Å². The Balaban J connectivity index is 1.85. The number of hydrogen-bond donors (Lipinski definition) is 1. The predicted octanol–water partition coefficient (Wildman–Crippen LogP) is 4.66. The van der Waals surface area contributed by atoms with Crippen LogP contribution in [0.5, 0.6) is 0 Å². The molecule has 0 spiro atoms. The molecule has 2 heterocycles. The molecule has 142 valence electrons. The van der Waals surface area contributed by atoms with Crippen LogP contribution in [0.1, 0.15) is 65.2 Å². The molecule has 0 saturated carbocycles. The third-order valence-electron chi connectivity index (χ3n) is 4.94.